The molecule has 2 aliphatic rings. The number of hydrogen-bond acceptors (Lipinski definition) is 5. The lowest BCUT2D eigenvalue weighted by Crippen LogP contribution is -2.26. The van der Waals surface area contributed by atoms with Crippen LogP contribution in [0.25, 0.3) is 0 Å². The quantitative estimate of drug-likeness (QED) is 0.398. The van der Waals surface area contributed by atoms with Crippen LogP contribution in [0.5, 0.6) is 0 Å². The maximum absolute atomic E-state index is 13.2. The summed E-state index contributed by atoms with van der Waals surface area (Å²) >= 11 is 0. The Kier molecular flexibility index (Phi) is 5.73. The van der Waals surface area contributed by atoms with Crippen LogP contribution in [-0.4, -0.2) is 23.8 Å². The first kappa shape index (κ1) is 23.9. The summed E-state index contributed by atoms with van der Waals surface area (Å²) in [6.45, 7) is 4.22. The van der Waals surface area contributed by atoms with Crippen LogP contribution in [-0.2, 0) is 11.3 Å². The first-order valence-corrected chi connectivity index (χ1v) is 12.6. The Labute approximate surface area is 221 Å². The van der Waals surface area contributed by atoms with Crippen molar-refractivity contribution in [3.63, 3.8) is 0 Å². The largest absolute Gasteiger partial charge is 0.384 e. The molecule has 2 bridgehead atoms. The molecule has 6 rings (SSSR count). The summed E-state index contributed by atoms with van der Waals surface area (Å²) in [6, 6.07) is 22.9. The summed E-state index contributed by atoms with van der Waals surface area (Å²) in [6.07, 6.45) is -0.498. The molecule has 0 radical (unpaired) electrons. The van der Waals surface area contributed by atoms with Gasteiger partial charge in [-0.1, -0.05) is 30.3 Å². The van der Waals surface area contributed by atoms with Crippen LogP contribution in [0.15, 0.2) is 72.8 Å². The van der Waals surface area contributed by atoms with Crippen LogP contribution >= 0.6 is 0 Å². The molecule has 0 aliphatic carbocycles. The molecule has 4 aromatic rings. The number of pyridine rings is 1. The molecular formula is C31H28N4O3. The van der Waals surface area contributed by atoms with Crippen molar-refractivity contribution in [2.45, 2.75) is 32.6 Å². The zero-order chi connectivity index (χ0) is 26.6. The van der Waals surface area contributed by atoms with Crippen molar-refractivity contribution in [1.29, 1.82) is 0 Å². The smallest absolute Gasteiger partial charge is 0.258 e. The lowest BCUT2D eigenvalue weighted by atomic mass is 9.84. The molecule has 0 spiro atoms. The van der Waals surface area contributed by atoms with Crippen molar-refractivity contribution < 1.29 is 14.3 Å². The van der Waals surface area contributed by atoms with E-state index in [-0.39, 0.29) is 24.0 Å². The summed E-state index contributed by atoms with van der Waals surface area (Å²) in [5.41, 5.74) is 14.7. The number of fused-ring (bicyclic) bond motifs is 8. The van der Waals surface area contributed by atoms with Gasteiger partial charge in [0.15, 0.2) is 0 Å². The molecule has 0 saturated heterocycles. The van der Waals surface area contributed by atoms with Crippen LogP contribution in [0.2, 0.25) is 0 Å². The number of nitrogens with zero attached hydrogens (tertiary/aromatic N) is 2. The molecule has 0 unspecified atom stereocenters. The molecule has 7 heteroatoms. The fourth-order valence-corrected chi connectivity index (χ4v) is 5.51. The Balaban J connectivity index is 1.23. The minimum absolute atomic E-state index is 0.0853. The molecule has 3 N–H and O–H groups in total. The van der Waals surface area contributed by atoms with Gasteiger partial charge < -0.3 is 20.7 Å². The number of carbonyl (C=O) groups excluding carboxylic acids is 2. The minimum Gasteiger partial charge on any atom is -0.384 e. The summed E-state index contributed by atoms with van der Waals surface area (Å²) in [5.74, 6) is 0.221. The van der Waals surface area contributed by atoms with E-state index in [2.05, 4.69) is 10.3 Å². The van der Waals surface area contributed by atoms with Crippen LogP contribution in [0.1, 0.15) is 72.0 Å². The van der Waals surface area contributed by atoms with Crippen molar-refractivity contribution in [2.75, 3.05) is 17.7 Å². The second-order valence-electron chi connectivity index (χ2n) is 9.89. The first-order valence-electron chi connectivity index (χ1n) is 12.6. The number of aromatic nitrogens is 1. The highest BCUT2D eigenvalue weighted by molar-refractivity contribution is 6.06. The monoisotopic (exact) mass is 504 g/mol. The van der Waals surface area contributed by atoms with E-state index in [0.29, 0.717) is 23.5 Å². The number of nitrogens with two attached hydrogens (primary N) is 1. The van der Waals surface area contributed by atoms with Crippen LogP contribution in [0.3, 0.4) is 0 Å². The van der Waals surface area contributed by atoms with Gasteiger partial charge in [0.25, 0.3) is 11.8 Å². The number of hydrogen-bond donors (Lipinski definition) is 2. The van der Waals surface area contributed by atoms with Gasteiger partial charge in [0.1, 0.15) is 18.0 Å². The predicted molar refractivity (Wildman–Crippen MR) is 146 cm³/mol. The maximum Gasteiger partial charge on any atom is 0.258 e. The van der Waals surface area contributed by atoms with Gasteiger partial charge in [-0.25, -0.2) is 4.98 Å². The summed E-state index contributed by atoms with van der Waals surface area (Å²) < 4.78 is 6.32. The lowest BCUT2D eigenvalue weighted by molar-refractivity contribution is 0.0857. The normalized spacial score (nSPS) is 16.6. The average Bonchev–Trinajstić information content (AvgIpc) is 3.49. The van der Waals surface area contributed by atoms with Crippen LogP contribution in [0.4, 0.5) is 11.5 Å². The van der Waals surface area contributed by atoms with Crippen molar-refractivity contribution in [1.82, 2.24) is 10.3 Å². The standard InChI is InChI=1S/C31H28N4O3/c1-17-13-27(32)34-18(2)26(17)16-33-30(36)19-9-11-22-24(14-19)29-25-15-20(10-12-23(25)28(22)38-29)31(37)35(3)21-7-5-4-6-8-21/h4-15,28-29H,16H2,1-3H3,(H2,32,34)(H,33,36)/t28-,29+/m1/s1. The van der Waals surface area contributed by atoms with Gasteiger partial charge in [-0.2, -0.15) is 0 Å². The Bertz CT molecular complexity index is 1580. The number of ether oxygens (including phenoxy) is 1. The van der Waals surface area contributed by atoms with E-state index in [1.54, 1.807) is 11.9 Å². The number of para-hydroxylation sites is 1. The zero-order valence-electron chi connectivity index (χ0n) is 21.5. The number of nitrogens with one attached hydrogen (secondary N) is 1. The Hall–Kier alpha value is -4.49. The zero-order valence-corrected chi connectivity index (χ0v) is 21.5. The van der Waals surface area contributed by atoms with Gasteiger partial charge in [0.2, 0.25) is 0 Å². The maximum atomic E-state index is 13.2. The number of benzene rings is 3. The second-order valence-corrected chi connectivity index (χ2v) is 9.89. The third kappa shape index (κ3) is 3.92. The highest BCUT2D eigenvalue weighted by Crippen LogP contribution is 2.54. The van der Waals surface area contributed by atoms with E-state index < -0.39 is 0 Å². The molecule has 0 saturated carbocycles. The second kappa shape index (κ2) is 9.11. The van der Waals surface area contributed by atoms with Crippen molar-refractivity contribution in [2.24, 2.45) is 0 Å². The topological polar surface area (TPSA) is 97.5 Å². The number of carbonyl (C=O) groups is 2. The molecule has 38 heavy (non-hydrogen) atoms. The van der Waals surface area contributed by atoms with Gasteiger partial charge in [0, 0.05) is 36.1 Å². The molecule has 7 nitrogen and oxygen atoms in total. The highest BCUT2D eigenvalue weighted by atomic mass is 16.5. The van der Waals surface area contributed by atoms with Crippen molar-refractivity contribution in [3.8, 4) is 0 Å². The highest BCUT2D eigenvalue weighted by Gasteiger charge is 2.43. The molecule has 2 atom stereocenters. The van der Waals surface area contributed by atoms with E-state index in [4.69, 9.17) is 10.5 Å². The molecule has 190 valence electrons. The van der Waals surface area contributed by atoms with Crippen molar-refractivity contribution >= 4 is 23.3 Å². The molecule has 3 aromatic carbocycles. The third-order valence-corrected chi connectivity index (χ3v) is 7.53. The third-order valence-electron chi connectivity index (χ3n) is 7.53. The first-order chi connectivity index (χ1) is 18.3. The number of anilines is 2. The summed E-state index contributed by atoms with van der Waals surface area (Å²) in [5, 5.41) is 3.01. The van der Waals surface area contributed by atoms with E-state index in [9.17, 15) is 9.59 Å². The molecule has 1 aromatic heterocycles. The number of nitrogen functional groups attached to an aromatic ring is 1. The number of aryl methyl sites for hydroxylation is 2. The molecule has 0 fully saturated rings. The lowest BCUT2D eigenvalue weighted by Gasteiger charge is -2.20. The van der Waals surface area contributed by atoms with Gasteiger partial charge in [-0.15, -0.1) is 0 Å². The molecule has 2 aliphatic heterocycles. The van der Waals surface area contributed by atoms with Crippen LogP contribution in [0, 0.1) is 13.8 Å². The molecule has 2 amide bonds. The van der Waals surface area contributed by atoms with Gasteiger partial charge in [-0.3, -0.25) is 9.59 Å². The Morgan fingerprint density at radius 1 is 0.895 bits per heavy atom. The summed E-state index contributed by atoms with van der Waals surface area (Å²) in [4.78, 5) is 32.2. The molecular weight excluding hydrogens is 476 g/mol. The van der Waals surface area contributed by atoms with Crippen molar-refractivity contribution in [3.05, 3.63) is 123 Å². The Morgan fingerprint density at radius 3 is 2.21 bits per heavy atom. The van der Waals surface area contributed by atoms with E-state index in [0.717, 1.165) is 44.8 Å². The van der Waals surface area contributed by atoms with Crippen LogP contribution < -0.4 is 16.0 Å². The van der Waals surface area contributed by atoms with Gasteiger partial charge in [0.05, 0.1) is 0 Å². The fourth-order valence-electron chi connectivity index (χ4n) is 5.51. The fraction of sp³-hybridized carbons (Fsp3) is 0.194. The van der Waals surface area contributed by atoms with Gasteiger partial charge >= 0.3 is 0 Å². The van der Waals surface area contributed by atoms with E-state index in [1.165, 1.54) is 0 Å². The van der Waals surface area contributed by atoms with E-state index in [1.807, 2.05) is 86.6 Å². The number of rotatable bonds is 5. The van der Waals surface area contributed by atoms with E-state index >= 15 is 0 Å². The summed E-state index contributed by atoms with van der Waals surface area (Å²) in [7, 11) is 1.77. The SMILES string of the molecule is Cc1cc(N)nc(C)c1CNC(=O)c1ccc2c(c1)[C@@H]1O[C@H]2c2ccc(C(=O)N(C)c3ccccc3)cc21. The molecule has 3 heterocycles. The minimum atomic E-state index is -0.307. The predicted octanol–water partition coefficient (Wildman–Crippen LogP) is 5.01. The number of amides is 2. The van der Waals surface area contributed by atoms with Gasteiger partial charge in [-0.05, 0) is 89.7 Å². The Morgan fingerprint density at radius 2 is 1.53 bits per heavy atom. The average molecular weight is 505 g/mol.